The summed E-state index contributed by atoms with van der Waals surface area (Å²) in [5, 5.41) is 9.12. The summed E-state index contributed by atoms with van der Waals surface area (Å²) in [6, 6.07) is 11.5. The number of carboxylic acid groups (broad SMARTS) is 1. The summed E-state index contributed by atoms with van der Waals surface area (Å²) >= 11 is 5.94. The molecule has 0 aliphatic heterocycles. The molecule has 0 spiro atoms. The number of carbonyl (C=O) groups is 1. The number of fused-ring (bicyclic) bond motifs is 1. The van der Waals surface area contributed by atoms with Gasteiger partial charge in [-0.3, -0.25) is 4.79 Å². The molecule has 1 N–H and O–H groups in total. The van der Waals surface area contributed by atoms with Gasteiger partial charge in [-0.2, -0.15) is 0 Å². The van der Waals surface area contributed by atoms with Gasteiger partial charge in [0.05, 0.1) is 15.9 Å². The van der Waals surface area contributed by atoms with Crippen molar-refractivity contribution in [2.75, 3.05) is 0 Å². The van der Waals surface area contributed by atoms with Gasteiger partial charge in [0.1, 0.15) is 5.15 Å². The smallest absolute Gasteiger partial charge is 0.303 e. The van der Waals surface area contributed by atoms with E-state index in [1.807, 2.05) is 0 Å². The molecule has 1 aromatic carbocycles. The Morgan fingerprint density at radius 1 is 1.23 bits per heavy atom. The van der Waals surface area contributed by atoms with Crippen molar-refractivity contribution in [3.8, 4) is 0 Å². The SMILES string of the molecule is Cc1ccccc1S(=O)(=O)n1c(CCCC(=O)O)cc2nc(Cl)ccc21. The Labute approximate surface area is 156 Å². The summed E-state index contributed by atoms with van der Waals surface area (Å²) in [7, 11) is -3.86. The summed E-state index contributed by atoms with van der Waals surface area (Å²) in [6.07, 6.45) is 0.578. The van der Waals surface area contributed by atoms with E-state index >= 15 is 0 Å². The Morgan fingerprint density at radius 3 is 2.65 bits per heavy atom. The van der Waals surface area contributed by atoms with E-state index in [4.69, 9.17) is 16.7 Å². The van der Waals surface area contributed by atoms with Crippen LogP contribution in [0.2, 0.25) is 5.15 Å². The van der Waals surface area contributed by atoms with Gasteiger partial charge in [-0.15, -0.1) is 0 Å². The van der Waals surface area contributed by atoms with Gasteiger partial charge >= 0.3 is 5.97 Å². The van der Waals surface area contributed by atoms with Gasteiger partial charge in [0.15, 0.2) is 0 Å². The molecule has 0 unspecified atom stereocenters. The Morgan fingerprint density at radius 2 is 1.96 bits per heavy atom. The van der Waals surface area contributed by atoms with E-state index in [9.17, 15) is 13.2 Å². The topological polar surface area (TPSA) is 89.3 Å². The number of carboxylic acids is 1. The Kier molecular flexibility index (Phi) is 5.02. The zero-order valence-corrected chi connectivity index (χ0v) is 15.6. The molecule has 3 aromatic rings. The second kappa shape index (κ2) is 7.09. The van der Waals surface area contributed by atoms with E-state index in [-0.39, 0.29) is 16.5 Å². The zero-order valence-electron chi connectivity index (χ0n) is 14.0. The molecule has 8 heteroatoms. The summed E-state index contributed by atoms with van der Waals surface area (Å²) in [5.74, 6) is -0.921. The first-order valence-corrected chi connectivity index (χ1v) is 9.82. The van der Waals surface area contributed by atoms with Crippen molar-refractivity contribution in [3.05, 3.63) is 58.9 Å². The molecule has 0 aliphatic carbocycles. The molecule has 26 heavy (non-hydrogen) atoms. The second-order valence-corrected chi connectivity index (χ2v) is 8.10. The number of hydrogen-bond donors (Lipinski definition) is 1. The van der Waals surface area contributed by atoms with Crippen molar-refractivity contribution < 1.29 is 18.3 Å². The first-order valence-electron chi connectivity index (χ1n) is 8.00. The molecule has 0 saturated heterocycles. The molecule has 0 fully saturated rings. The maximum absolute atomic E-state index is 13.3. The second-order valence-electron chi connectivity index (χ2n) is 5.96. The molecule has 136 valence electrons. The van der Waals surface area contributed by atoms with Gasteiger partial charge in [0.25, 0.3) is 10.0 Å². The number of benzene rings is 1. The summed E-state index contributed by atoms with van der Waals surface area (Å²) in [4.78, 5) is 15.2. The van der Waals surface area contributed by atoms with E-state index in [0.29, 0.717) is 35.1 Å². The predicted octanol–water partition coefficient (Wildman–Crippen LogP) is 3.64. The zero-order chi connectivity index (χ0) is 18.9. The molecule has 0 atom stereocenters. The third kappa shape index (κ3) is 3.45. The highest BCUT2D eigenvalue weighted by atomic mass is 35.5. The molecule has 2 heterocycles. The summed E-state index contributed by atoms with van der Waals surface area (Å²) in [6.45, 7) is 1.73. The molecule has 0 bridgehead atoms. The fourth-order valence-electron chi connectivity index (χ4n) is 2.91. The minimum Gasteiger partial charge on any atom is -0.481 e. The first-order chi connectivity index (χ1) is 12.3. The van der Waals surface area contributed by atoms with Crippen molar-refractivity contribution in [1.82, 2.24) is 8.96 Å². The molecule has 3 rings (SSSR count). The number of hydrogen-bond acceptors (Lipinski definition) is 4. The highest BCUT2D eigenvalue weighted by Gasteiger charge is 2.25. The third-order valence-corrected chi connectivity index (χ3v) is 6.22. The number of aliphatic carboxylic acids is 1. The Hall–Kier alpha value is -2.38. The first kappa shape index (κ1) is 18.4. The molecular weight excluding hydrogens is 376 g/mol. The minimum atomic E-state index is -3.86. The lowest BCUT2D eigenvalue weighted by Gasteiger charge is -2.13. The Balaban J connectivity index is 2.19. The van der Waals surface area contributed by atoms with Crippen LogP contribution in [0.4, 0.5) is 0 Å². The predicted molar refractivity (Wildman–Crippen MR) is 99.1 cm³/mol. The van der Waals surface area contributed by atoms with Crippen LogP contribution < -0.4 is 0 Å². The lowest BCUT2D eigenvalue weighted by molar-refractivity contribution is -0.137. The van der Waals surface area contributed by atoms with E-state index in [2.05, 4.69) is 4.98 Å². The normalized spacial score (nSPS) is 11.8. The number of aromatic nitrogens is 2. The standard InChI is InChI=1S/C18H17ClN2O4S/c1-12-5-2-3-7-16(12)26(24,25)21-13(6-4-8-18(22)23)11-14-15(21)9-10-17(19)20-14/h2-3,5,7,9-11H,4,6,8H2,1H3,(H,22,23). The van der Waals surface area contributed by atoms with Gasteiger partial charge in [-0.1, -0.05) is 29.8 Å². The van der Waals surface area contributed by atoms with Crippen LogP contribution in [-0.4, -0.2) is 28.5 Å². The van der Waals surface area contributed by atoms with Crippen LogP contribution in [0.1, 0.15) is 24.1 Å². The van der Waals surface area contributed by atoms with Crippen LogP contribution in [0.3, 0.4) is 0 Å². The molecular formula is C18H17ClN2O4S. The highest BCUT2D eigenvalue weighted by molar-refractivity contribution is 7.90. The Bertz CT molecular complexity index is 1090. The highest BCUT2D eigenvalue weighted by Crippen LogP contribution is 2.28. The molecule has 0 saturated carbocycles. The van der Waals surface area contributed by atoms with Gasteiger partial charge in [0.2, 0.25) is 0 Å². The van der Waals surface area contributed by atoms with Gasteiger partial charge in [-0.05, 0) is 49.6 Å². The number of aryl methyl sites for hydroxylation is 2. The number of pyridine rings is 1. The molecule has 0 radical (unpaired) electrons. The van der Waals surface area contributed by atoms with Crippen molar-refractivity contribution in [3.63, 3.8) is 0 Å². The maximum atomic E-state index is 13.3. The molecule has 0 amide bonds. The lowest BCUT2D eigenvalue weighted by atomic mass is 10.2. The molecule has 6 nitrogen and oxygen atoms in total. The lowest BCUT2D eigenvalue weighted by Crippen LogP contribution is -2.17. The van der Waals surface area contributed by atoms with Crippen LogP contribution in [0.25, 0.3) is 11.0 Å². The number of nitrogens with zero attached hydrogens (tertiary/aromatic N) is 2. The quantitative estimate of drug-likeness (QED) is 0.647. The average Bonchev–Trinajstić information content (AvgIpc) is 2.92. The maximum Gasteiger partial charge on any atom is 0.303 e. The van der Waals surface area contributed by atoms with Crippen LogP contribution >= 0.6 is 11.6 Å². The fraction of sp³-hybridized carbons (Fsp3) is 0.222. The van der Waals surface area contributed by atoms with Crippen LogP contribution in [0.5, 0.6) is 0 Å². The van der Waals surface area contributed by atoms with E-state index in [0.717, 1.165) is 0 Å². The van der Waals surface area contributed by atoms with Crippen LogP contribution in [-0.2, 0) is 21.2 Å². The average molecular weight is 393 g/mol. The number of halogens is 1. The van der Waals surface area contributed by atoms with Crippen LogP contribution in [0, 0.1) is 6.92 Å². The van der Waals surface area contributed by atoms with Crippen molar-refractivity contribution >= 4 is 38.6 Å². The van der Waals surface area contributed by atoms with E-state index in [1.165, 1.54) is 10.0 Å². The van der Waals surface area contributed by atoms with Gasteiger partial charge in [0, 0.05) is 12.1 Å². The largest absolute Gasteiger partial charge is 0.481 e. The van der Waals surface area contributed by atoms with Gasteiger partial charge < -0.3 is 5.11 Å². The monoisotopic (exact) mass is 392 g/mol. The van der Waals surface area contributed by atoms with Crippen molar-refractivity contribution in [1.29, 1.82) is 0 Å². The van der Waals surface area contributed by atoms with Crippen molar-refractivity contribution in [2.24, 2.45) is 0 Å². The van der Waals surface area contributed by atoms with Crippen LogP contribution in [0.15, 0.2) is 47.4 Å². The third-order valence-electron chi connectivity index (χ3n) is 4.09. The molecule has 2 aromatic heterocycles. The van der Waals surface area contributed by atoms with Gasteiger partial charge in [-0.25, -0.2) is 17.4 Å². The summed E-state index contributed by atoms with van der Waals surface area (Å²) < 4.78 is 27.9. The number of rotatable bonds is 6. The van der Waals surface area contributed by atoms with E-state index < -0.39 is 16.0 Å². The fourth-order valence-corrected chi connectivity index (χ4v) is 4.86. The van der Waals surface area contributed by atoms with Crippen molar-refractivity contribution in [2.45, 2.75) is 31.1 Å². The summed E-state index contributed by atoms with van der Waals surface area (Å²) in [5.41, 5.74) is 2.00. The molecule has 0 aliphatic rings. The van der Waals surface area contributed by atoms with E-state index in [1.54, 1.807) is 43.3 Å². The minimum absolute atomic E-state index is 0.0415.